The van der Waals surface area contributed by atoms with Crippen LogP contribution in [0.5, 0.6) is 17.2 Å². The summed E-state index contributed by atoms with van der Waals surface area (Å²) in [5, 5.41) is 16.0. The molecular weight excluding hydrogens is 605 g/mol. The van der Waals surface area contributed by atoms with Crippen molar-refractivity contribution in [1.29, 1.82) is 0 Å². The van der Waals surface area contributed by atoms with Crippen LogP contribution in [0.4, 0.5) is 21.9 Å². The summed E-state index contributed by atoms with van der Waals surface area (Å²) in [7, 11) is 0. The van der Waals surface area contributed by atoms with Crippen LogP contribution >= 0.6 is 22.6 Å². The molecule has 10 nitrogen and oxygen atoms in total. The molecule has 0 saturated carbocycles. The van der Waals surface area contributed by atoms with Gasteiger partial charge in [0.25, 0.3) is 0 Å². The number of halogens is 1. The molecule has 11 heteroatoms. The fraction of sp³-hybridized carbons (Fsp3) is 0.185. The number of hydrogen-bond donors (Lipinski definition) is 4. The number of hydrogen-bond acceptors (Lipinski definition) is 8. The Morgan fingerprint density at radius 1 is 1.11 bits per heavy atom. The van der Waals surface area contributed by atoms with E-state index in [1.54, 1.807) is 61.5 Å². The van der Waals surface area contributed by atoms with Gasteiger partial charge >= 0.3 is 6.09 Å². The lowest BCUT2D eigenvalue weighted by Crippen LogP contribution is -2.28. The van der Waals surface area contributed by atoms with Gasteiger partial charge in [0.05, 0.1) is 11.4 Å². The van der Waals surface area contributed by atoms with Gasteiger partial charge in [0.1, 0.15) is 11.9 Å². The Kier molecular flexibility index (Phi) is 8.92. The SMILES string of the molecule is CCO[C@@H](/C=C/C(=O)Nc1ccccc1N)[C@@H](OC(=O)Nc1ccc2c(c1)OCO2)c1cc(I)ccc1O. The van der Waals surface area contributed by atoms with Crippen molar-refractivity contribution in [3.05, 3.63) is 81.9 Å². The first-order valence-corrected chi connectivity index (χ1v) is 12.7. The van der Waals surface area contributed by atoms with E-state index in [2.05, 4.69) is 33.2 Å². The van der Waals surface area contributed by atoms with Crippen LogP contribution in [0, 0.1) is 3.57 Å². The van der Waals surface area contributed by atoms with Gasteiger partial charge in [-0.25, -0.2) is 4.79 Å². The highest BCUT2D eigenvalue weighted by Crippen LogP contribution is 2.36. The first kappa shape index (κ1) is 27.1. The number of phenolic OH excluding ortho intramolecular Hbond substituents is 1. The summed E-state index contributed by atoms with van der Waals surface area (Å²) in [4.78, 5) is 25.6. The number of amides is 2. The standard InChI is InChI=1S/C27H26IN3O7/c1-2-35-23(11-12-25(33)31-20-6-4-3-5-19(20)29)26(18-13-16(28)7-9-21(18)32)38-27(34)30-17-8-10-22-24(14-17)37-15-36-22/h3-14,23,26,32H,2,15,29H2,1H3,(H,30,34)(H,31,33)/b12-11+/t23-,26-/m0/s1. The maximum Gasteiger partial charge on any atom is 0.412 e. The first-order chi connectivity index (χ1) is 18.3. The average Bonchev–Trinajstić information content (AvgIpc) is 3.36. The molecule has 3 aromatic rings. The maximum absolute atomic E-state index is 13.0. The minimum Gasteiger partial charge on any atom is -0.508 e. The average molecular weight is 631 g/mol. The van der Waals surface area contributed by atoms with Crippen LogP contribution < -0.4 is 25.8 Å². The van der Waals surface area contributed by atoms with Crippen molar-refractivity contribution in [2.45, 2.75) is 19.1 Å². The van der Waals surface area contributed by atoms with E-state index in [0.717, 1.165) is 3.57 Å². The Morgan fingerprint density at radius 3 is 2.68 bits per heavy atom. The van der Waals surface area contributed by atoms with E-state index >= 15 is 0 Å². The number of nitrogens with one attached hydrogen (secondary N) is 2. The number of rotatable bonds is 9. The molecule has 1 aliphatic rings. The zero-order valence-electron chi connectivity index (χ0n) is 20.3. The van der Waals surface area contributed by atoms with Crippen LogP contribution in [0.15, 0.2) is 72.8 Å². The van der Waals surface area contributed by atoms with E-state index in [1.165, 1.54) is 18.2 Å². The molecule has 0 aliphatic carbocycles. The second kappa shape index (κ2) is 12.5. The van der Waals surface area contributed by atoms with E-state index in [1.807, 2.05) is 0 Å². The van der Waals surface area contributed by atoms with Crippen LogP contribution in [-0.4, -0.2) is 36.6 Å². The molecule has 2 amide bonds. The van der Waals surface area contributed by atoms with Gasteiger partial charge in [0.2, 0.25) is 12.7 Å². The third-order valence-electron chi connectivity index (χ3n) is 5.46. The number of anilines is 3. The molecular formula is C27H26IN3O7. The van der Waals surface area contributed by atoms with E-state index in [4.69, 9.17) is 24.7 Å². The predicted molar refractivity (Wildman–Crippen MR) is 150 cm³/mol. The molecule has 38 heavy (non-hydrogen) atoms. The molecule has 0 bridgehead atoms. The Bertz CT molecular complexity index is 1350. The minimum absolute atomic E-state index is 0.0918. The van der Waals surface area contributed by atoms with Gasteiger partial charge in [0, 0.05) is 33.6 Å². The number of carbonyl (C=O) groups excluding carboxylic acids is 2. The molecule has 0 unspecified atom stereocenters. The number of nitrogen functional groups attached to an aromatic ring is 1. The van der Waals surface area contributed by atoms with E-state index in [0.29, 0.717) is 34.1 Å². The van der Waals surface area contributed by atoms with E-state index < -0.39 is 24.2 Å². The lowest BCUT2D eigenvalue weighted by Gasteiger charge is -2.26. The second-order valence-corrected chi connectivity index (χ2v) is 9.32. The largest absolute Gasteiger partial charge is 0.508 e. The molecule has 198 valence electrons. The van der Waals surface area contributed by atoms with Gasteiger partial charge in [-0.3, -0.25) is 10.1 Å². The van der Waals surface area contributed by atoms with Crippen molar-refractivity contribution in [3.8, 4) is 17.2 Å². The topological polar surface area (TPSA) is 141 Å². The smallest absolute Gasteiger partial charge is 0.412 e. The third kappa shape index (κ3) is 6.86. The Hall–Kier alpha value is -3.97. The molecule has 4 rings (SSSR count). The molecule has 1 aliphatic heterocycles. The zero-order valence-corrected chi connectivity index (χ0v) is 22.5. The maximum atomic E-state index is 13.0. The summed E-state index contributed by atoms with van der Waals surface area (Å²) in [5.74, 6) is 0.520. The van der Waals surface area contributed by atoms with Crippen LogP contribution in [0.25, 0.3) is 0 Å². The monoisotopic (exact) mass is 631 g/mol. The van der Waals surface area contributed by atoms with Gasteiger partial charge in [-0.15, -0.1) is 0 Å². The number of nitrogens with two attached hydrogens (primary N) is 1. The highest BCUT2D eigenvalue weighted by Gasteiger charge is 2.29. The van der Waals surface area contributed by atoms with Crippen LogP contribution in [0.1, 0.15) is 18.6 Å². The number of fused-ring (bicyclic) bond motifs is 1. The van der Waals surface area contributed by atoms with E-state index in [-0.39, 0.29) is 19.1 Å². The molecule has 0 radical (unpaired) electrons. The molecule has 1 heterocycles. The van der Waals surface area contributed by atoms with Crippen molar-refractivity contribution in [3.63, 3.8) is 0 Å². The Balaban J connectivity index is 1.56. The third-order valence-corrected chi connectivity index (χ3v) is 6.13. The fourth-order valence-electron chi connectivity index (χ4n) is 3.70. The van der Waals surface area contributed by atoms with Crippen LogP contribution in [-0.2, 0) is 14.3 Å². The first-order valence-electron chi connectivity index (χ1n) is 11.6. The predicted octanol–water partition coefficient (Wildman–Crippen LogP) is 5.20. The van der Waals surface area contributed by atoms with Crippen LogP contribution in [0.3, 0.4) is 0 Å². The summed E-state index contributed by atoms with van der Waals surface area (Å²) in [6.07, 6.45) is -0.0682. The fourth-order valence-corrected chi connectivity index (χ4v) is 4.22. The second-order valence-electron chi connectivity index (χ2n) is 8.08. The minimum atomic E-state index is -1.09. The Morgan fingerprint density at radius 2 is 1.89 bits per heavy atom. The lowest BCUT2D eigenvalue weighted by atomic mass is 10.0. The molecule has 5 N–H and O–H groups in total. The molecule has 0 aromatic heterocycles. The van der Waals surface area contributed by atoms with Gasteiger partial charge in [-0.1, -0.05) is 12.1 Å². The van der Waals surface area contributed by atoms with Crippen LogP contribution in [0.2, 0.25) is 0 Å². The van der Waals surface area contributed by atoms with Gasteiger partial charge in [-0.2, -0.15) is 0 Å². The zero-order chi connectivity index (χ0) is 27.1. The van der Waals surface area contributed by atoms with Gasteiger partial charge in [-0.05, 0) is 78.1 Å². The van der Waals surface area contributed by atoms with Crippen molar-refractivity contribution in [2.75, 3.05) is 29.8 Å². The number of benzene rings is 3. The van der Waals surface area contributed by atoms with Gasteiger partial charge in [0.15, 0.2) is 17.6 Å². The number of phenols is 1. The normalized spacial score (nSPS) is 13.6. The van der Waals surface area contributed by atoms with E-state index in [9.17, 15) is 14.7 Å². The lowest BCUT2D eigenvalue weighted by molar-refractivity contribution is -0.112. The van der Waals surface area contributed by atoms with Crippen molar-refractivity contribution in [1.82, 2.24) is 0 Å². The van der Waals surface area contributed by atoms with Gasteiger partial charge < -0.3 is 35.1 Å². The van der Waals surface area contributed by atoms with Crippen molar-refractivity contribution in [2.24, 2.45) is 0 Å². The molecule has 3 aromatic carbocycles. The number of aromatic hydroxyl groups is 1. The summed E-state index contributed by atoms with van der Waals surface area (Å²) in [6.45, 7) is 2.12. The summed E-state index contributed by atoms with van der Waals surface area (Å²) in [6, 6.07) is 16.7. The van der Waals surface area contributed by atoms with Crippen molar-refractivity contribution < 1.29 is 33.6 Å². The molecule has 0 spiro atoms. The highest BCUT2D eigenvalue weighted by molar-refractivity contribution is 14.1. The molecule has 2 atom stereocenters. The number of para-hydroxylation sites is 2. The number of ether oxygens (including phenoxy) is 4. The van der Waals surface area contributed by atoms with Crippen molar-refractivity contribution >= 4 is 51.7 Å². The summed E-state index contributed by atoms with van der Waals surface area (Å²) in [5.41, 5.74) is 7.52. The summed E-state index contributed by atoms with van der Waals surface area (Å²) < 4.78 is 23.1. The molecule has 0 saturated heterocycles. The highest BCUT2D eigenvalue weighted by atomic mass is 127. The number of carbonyl (C=O) groups is 2. The quantitative estimate of drug-likeness (QED) is 0.144. The summed E-state index contributed by atoms with van der Waals surface area (Å²) >= 11 is 2.09. The Labute approximate surface area is 232 Å². The molecule has 0 fully saturated rings.